The molecule has 9 heteroatoms. The number of sulfonamides is 1. The van der Waals surface area contributed by atoms with Crippen LogP contribution in [0.25, 0.3) is 0 Å². The second kappa shape index (κ2) is 8.87. The Morgan fingerprint density at radius 3 is 2.17 bits per heavy atom. The molecule has 1 fully saturated rings. The molecular formula is C21H26N2O5S2. The van der Waals surface area contributed by atoms with Crippen molar-refractivity contribution in [2.75, 3.05) is 19.3 Å². The molecule has 0 aliphatic carbocycles. The summed E-state index contributed by atoms with van der Waals surface area (Å²) >= 11 is 0. The molecular weight excluding hydrogens is 424 g/mol. The summed E-state index contributed by atoms with van der Waals surface area (Å²) in [6.45, 7) is 2.78. The van der Waals surface area contributed by atoms with Gasteiger partial charge in [0.2, 0.25) is 10.0 Å². The lowest BCUT2D eigenvalue weighted by molar-refractivity contribution is 0.0939. The van der Waals surface area contributed by atoms with Crippen molar-refractivity contribution >= 4 is 25.8 Å². The van der Waals surface area contributed by atoms with Crippen molar-refractivity contribution in [1.29, 1.82) is 0 Å². The molecule has 2 aromatic rings. The molecule has 1 saturated heterocycles. The number of amides is 1. The number of benzene rings is 2. The third kappa shape index (κ3) is 5.08. The van der Waals surface area contributed by atoms with E-state index in [-0.39, 0.29) is 21.4 Å². The van der Waals surface area contributed by atoms with E-state index in [2.05, 4.69) is 5.32 Å². The fraction of sp³-hybridized carbons (Fsp3) is 0.381. The van der Waals surface area contributed by atoms with E-state index in [1.165, 1.54) is 28.6 Å². The molecule has 7 nitrogen and oxygen atoms in total. The Balaban J connectivity index is 1.75. The molecule has 0 radical (unpaired) electrons. The van der Waals surface area contributed by atoms with Crippen LogP contribution in [0.5, 0.6) is 0 Å². The van der Waals surface area contributed by atoms with Gasteiger partial charge in [0, 0.05) is 24.9 Å². The van der Waals surface area contributed by atoms with Gasteiger partial charge in [-0.05, 0) is 55.7 Å². The summed E-state index contributed by atoms with van der Waals surface area (Å²) in [6.07, 6.45) is 3.85. The summed E-state index contributed by atoms with van der Waals surface area (Å²) in [6, 6.07) is 12.0. The molecule has 1 aliphatic heterocycles. The van der Waals surface area contributed by atoms with Gasteiger partial charge in [-0.1, -0.05) is 24.6 Å². The molecule has 0 unspecified atom stereocenters. The van der Waals surface area contributed by atoms with Gasteiger partial charge in [-0.3, -0.25) is 4.79 Å². The van der Waals surface area contributed by atoms with Crippen molar-refractivity contribution in [3.8, 4) is 0 Å². The molecule has 3 rings (SSSR count). The van der Waals surface area contributed by atoms with E-state index in [1.54, 1.807) is 31.2 Å². The number of hydrogen-bond donors (Lipinski definition) is 1. The Morgan fingerprint density at radius 1 is 0.933 bits per heavy atom. The summed E-state index contributed by atoms with van der Waals surface area (Å²) in [7, 11) is -6.91. The molecule has 30 heavy (non-hydrogen) atoms. The van der Waals surface area contributed by atoms with E-state index < -0.39 is 25.8 Å². The van der Waals surface area contributed by atoms with Crippen LogP contribution in [0.4, 0.5) is 0 Å². The quantitative estimate of drug-likeness (QED) is 0.729. The largest absolute Gasteiger partial charge is 0.346 e. The Bertz CT molecular complexity index is 1120. The standard InChI is InChI=1S/C21H26N2O5S2/c1-16(17-9-11-19(12-10-17)29(2,25)26)22-21(24)18-7-6-8-20(15-18)30(27,28)23-13-4-3-5-14-23/h6-12,15-16H,3-5,13-14H2,1-2H3,(H,22,24)/t16-/m0/s1. The van der Waals surface area contributed by atoms with Crippen LogP contribution in [-0.2, 0) is 19.9 Å². The van der Waals surface area contributed by atoms with Crippen molar-refractivity contribution in [2.45, 2.75) is 42.0 Å². The van der Waals surface area contributed by atoms with Crippen LogP contribution < -0.4 is 5.32 Å². The zero-order valence-electron chi connectivity index (χ0n) is 17.0. The van der Waals surface area contributed by atoms with Crippen LogP contribution in [0.3, 0.4) is 0 Å². The van der Waals surface area contributed by atoms with Gasteiger partial charge in [-0.15, -0.1) is 0 Å². The van der Waals surface area contributed by atoms with Crippen LogP contribution in [0.2, 0.25) is 0 Å². The molecule has 2 aromatic carbocycles. The smallest absolute Gasteiger partial charge is 0.251 e. The van der Waals surface area contributed by atoms with E-state index in [1.807, 2.05) is 0 Å². The van der Waals surface area contributed by atoms with E-state index in [4.69, 9.17) is 0 Å². The predicted octanol–water partition coefficient (Wildman–Crippen LogP) is 2.76. The van der Waals surface area contributed by atoms with Gasteiger partial charge in [0.05, 0.1) is 15.8 Å². The van der Waals surface area contributed by atoms with Crippen LogP contribution in [-0.4, -0.2) is 46.4 Å². The Hall–Kier alpha value is -2.23. The maximum absolute atomic E-state index is 12.9. The average Bonchev–Trinajstić information content (AvgIpc) is 2.74. The van der Waals surface area contributed by atoms with Gasteiger partial charge in [-0.25, -0.2) is 16.8 Å². The maximum Gasteiger partial charge on any atom is 0.251 e. The van der Waals surface area contributed by atoms with Crippen molar-refractivity contribution < 1.29 is 21.6 Å². The Morgan fingerprint density at radius 2 is 1.57 bits per heavy atom. The molecule has 0 spiro atoms. The van der Waals surface area contributed by atoms with Crippen molar-refractivity contribution in [3.05, 3.63) is 59.7 Å². The summed E-state index contributed by atoms with van der Waals surface area (Å²) in [5.41, 5.74) is 1.00. The number of nitrogens with one attached hydrogen (secondary N) is 1. The second-order valence-electron chi connectivity index (χ2n) is 7.53. The number of rotatable bonds is 6. The fourth-order valence-corrected chi connectivity index (χ4v) is 5.61. The zero-order chi connectivity index (χ0) is 21.9. The molecule has 162 valence electrons. The zero-order valence-corrected chi connectivity index (χ0v) is 18.7. The minimum absolute atomic E-state index is 0.113. The summed E-state index contributed by atoms with van der Waals surface area (Å²) < 4.78 is 50.4. The molecule has 1 N–H and O–H groups in total. The average molecular weight is 451 g/mol. The first-order valence-electron chi connectivity index (χ1n) is 9.80. The molecule has 0 saturated carbocycles. The van der Waals surface area contributed by atoms with Crippen LogP contribution in [0, 0.1) is 0 Å². The second-order valence-corrected chi connectivity index (χ2v) is 11.5. The lowest BCUT2D eigenvalue weighted by Crippen LogP contribution is -2.35. The van der Waals surface area contributed by atoms with Crippen LogP contribution >= 0.6 is 0 Å². The Labute approximate surface area is 178 Å². The highest BCUT2D eigenvalue weighted by Gasteiger charge is 2.26. The molecule has 0 aromatic heterocycles. The van der Waals surface area contributed by atoms with Gasteiger partial charge in [0.15, 0.2) is 9.84 Å². The van der Waals surface area contributed by atoms with E-state index in [0.29, 0.717) is 13.1 Å². The summed E-state index contributed by atoms with van der Waals surface area (Å²) in [5.74, 6) is -0.398. The third-order valence-electron chi connectivity index (χ3n) is 5.20. The normalized spacial score (nSPS) is 16.7. The summed E-state index contributed by atoms with van der Waals surface area (Å²) in [4.78, 5) is 13.0. The first kappa shape index (κ1) is 22.5. The molecule has 1 heterocycles. The maximum atomic E-state index is 12.9. The fourth-order valence-electron chi connectivity index (χ4n) is 3.42. The van der Waals surface area contributed by atoms with Gasteiger partial charge < -0.3 is 5.32 Å². The van der Waals surface area contributed by atoms with E-state index >= 15 is 0 Å². The highest BCUT2D eigenvalue weighted by atomic mass is 32.2. The first-order valence-corrected chi connectivity index (χ1v) is 13.1. The lowest BCUT2D eigenvalue weighted by atomic mass is 10.1. The highest BCUT2D eigenvalue weighted by molar-refractivity contribution is 7.90. The summed E-state index contributed by atoms with van der Waals surface area (Å²) in [5, 5.41) is 2.83. The number of piperidine rings is 1. The van der Waals surface area contributed by atoms with Crippen molar-refractivity contribution in [3.63, 3.8) is 0 Å². The number of carbonyl (C=O) groups excluding carboxylic acids is 1. The highest BCUT2D eigenvalue weighted by Crippen LogP contribution is 2.22. The van der Waals surface area contributed by atoms with Crippen LogP contribution in [0.1, 0.15) is 48.1 Å². The van der Waals surface area contributed by atoms with E-state index in [9.17, 15) is 21.6 Å². The van der Waals surface area contributed by atoms with Gasteiger partial charge in [0.25, 0.3) is 5.91 Å². The topological polar surface area (TPSA) is 101 Å². The SMILES string of the molecule is C[C@H](NC(=O)c1cccc(S(=O)(=O)N2CCCCC2)c1)c1ccc(S(C)(=O)=O)cc1. The molecule has 1 aliphatic rings. The van der Waals surface area contributed by atoms with Gasteiger partial charge >= 0.3 is 0 Å². The monoisotopic (exact) mass is 450 g/mol. The number of hydrogen-bond acceptors (Lipinski definition) is 5. The number of sulfone groups is 1. The third-order valence-corrected chi connectivity index (χ3v) is 8.23. The van der Waals surface area contributed by atoms with E-state index in [0.717, 1.165) is 31.1 Å². The minimum atomic E-state index is -3.62. The Kier molecular flexibility index (Phi) is 6.64. The molecule has 1 atom stereocenters. The van der Waals surface area contributed by atoms with Gasteiger partial charge in [0.1, 0.15) is 0 Å². The minimum Gasteiger partial charge on any atom is -0.346 e. The van der Waals surface area contributed by atoms with Crippen molar-refractivity contribution in [1.82, 2.24) is 9.62 Å². The molecule has 1 amide bonds. The number of carbonyl (C=O) groups is 1. The first-order chi connectivity index (χ1) is 14.1. The number of nitrogens with zero attached hydrogens (tertiary/aromatic N) is 1. The predicted molar refractivity (Wildman–Crippen MR) is 114 cm³/mol. The lowest BCUT2D eigenvalue weighted by Gasteiger charge is -2.26. The van der Waals surface area contributed by atoms with Crippen molar-refractivity contribution in [2.24, 2.45) is 0 Å². The molecule has 0 bridgehead atoms. The van der Waals surface area contributed by atoms with Gasteiger partial charge in [-0.2, -0.15) is 4.31 Å². The van der Waals surface area contributed by atoms with Crippen LogP contribution in [0.15, 0.2) is 58.3 Å².